The third-order valence-corrected chi connectivity index (χ3v) is 5.05. The Morgan fingerprint density at radius 1 is 1.38 bits per heavy atom. The van der Waals surface area contributed by atoms with Gasteiger partial charge in [0.15, 0.2) is 0 Å². The van der Waals surface area contributed by atoms with Crippen LogP contribution >= 0.6 is 11.3 Å². The lowest BCUT2D eigenvalue weighted by atomic mass is 10.2. The Hall–Kier alpha value is -2.68. The largest absolute Gasteiger partial charge is 0.477 e. The van der Waals surface area contributed by atoms with E-state index >= 15 is 0 Å². The normalized spacial score (nSPS) is 11.1. The standard InChI is InChI=1S/C15H17N5O3S/c1-7-10-13(17-6-18-14(10)24-12(7)15(21)22)23-5-4-20-9(3)11(16)8(2)19-20/h6H,4-5,16H2,1-3H3,(H,21,22). The van der Waals surface area contributed by atoms with Crippen molar-refractivity contribution in [3.63, 3.8) is 0 Å². The van der Waals surface area contributed by atoms with E-state index in [2.05, 4.69) is 15.1 Å². The van der Waals surface area contributed by atoms with Gasteiger partial charge in [0.1, 0.15) is 22.6 Å². The highest BCUT2D eigenvalue weighted by Gasteiger charge is 2.19. The number of aryl methyl sites for hydroxylation is 2. The van der Waals surface area contributed by atoms with Gasteiger partial charge in [0.2, 0.25) is 5.88 Å². The number of carbonyl (C=O) groups is 1. The van der Waals surface area contributed by atoms with Gasteiger partial charge in [-0.05, 0) is 26.3 Å². The van der Waals surface area contributed by atoms with Gasteiger partial charge in [-0.1, -0.05) is 0 Å². The molecule has 0 aliphatic heterocycles. The average Bonchev–Trinajstić information content (AvgIpc) is 3.01. The lowest BCUT2D eigenvalue weighted by molar-refractivity contribution is 0.0701. The number of nitrogen functional groups attached to an aromatic ring is 1. The first-order chi connectivity index (χ1) is 11.4. The van der Waals surface area contributed by atoms with E-state index in [4.69, 9.17) is 10.5 Å². The summed E-state index contributed by atoms with van der Waals surface area (Å²) in [5.74, 6) is -0.588. The minimum atomic E-state index is -0.973. The molecule has 8 nitrogen and oxygen atoms in total. The van der Waals surface area contributed by atoms with Gasteiger partial charge in [0, 0.05) is 0 Å². The number of hydrogen-bond acceptors (Lipinski definition) is 7. The topological polar surface area (TPSA) is 116 Å². The molecule has 0 saturated heterocycles. The lowest BCUT2D eigenvalue weighted by Crippen LogP contribution is -2.12. The van der Waals surface area contributed by atoms with Crippen molar-refractivity contribution in [1.29, 1.82) is 0 Å². The molecule has 0 saturated carbocycles. The van der Waals surface area contributed by atoms with E-state index < -0.39 is 5.97 Å². The molecule has 0 aliphatic rings. The predicted molar refractivity (Wildman–Crippen MR) is 90.7 cm³/mol. The summed E-state index contributed by atoms with van der Waals surface area (Å²) in [5, 5.41) is 14.2. The molecular weight excluding hydrogens is 330 g/mol. The molecular formula is C15H17N5O3S. The molecule has 0 aliphatic carbocycles. The van der Waals surface area contributed by atoms with Crippen LogP contribution in [0.15, 0.2) is 6.33 Å². The molecule has 0 spiro atoms. The van der Waals surface area contributed by atoms with Gasteiger partial charge in [0.05, 0.1) is 29.0 Å². The molecule has 0 amide bonds. The van der Waals surface area contributed by atoms with Gasteiger partial charge >= 0.3 is 5.97 Å². The molecule has 0 radical (unpaired) electrons. The second kappa shape index (κ2) is 6.08. The zero-order valence-electron chi connectivity index (χ0n) is 13.5. The summed E-state index contributed by atoms with van der Waals surface area (Å²) in [4.78, 5) is 20.4. The molecule has 0 bridgehead atoms. The third-order valence-electron chi connectivity index (χ3n) is 3.87. The van der Waals surface area contributed by atoms with Crippen molar-refractivity contribution in [2.45, 2.75) is 27.3 Å². The minimum Gasteiger partial charge on any atom is -0.477 e. The fourth-order valence-electron chi connectivity index (χ4n) is 2.51. The third kappa shape index (κ3) is 2.67. The molecule has 3 heterocycles. The Balaban J connectivity index is 1.83. The van der Waals surface area contributed by atoms with Crippen molar-refractivity contribution in [3.8, 4) is 5.88 Å². The first-order valence-corrected chi connectivity index (χ1v) is 8.11. The van der Waals surface area contributed by atoms with E-state index in [0.717, 1.165) is 22.7 Å². The summed E-state index contributed by atoms with van der Waals surface area (Å²) in [6.45, 7) is 6.35. The number of carboxylic acids is 1. The molecule has 126 valence electrons. The van der Waals surface area contributed by atoms with Gasteiger partial charge < -0.3 is 15.6 Å². The van der Waals surface area contributed by atoms with Crippen molar-refractivity contribution in [2.24, 2.45) is 0 Å². The summed E-state index contributed by atoms with van der Waals surface area (Å²) in [6.07, 6.45) is 1.38. The number of anilines is 1. The van der Waals surface area contributed by atoms with Gasteiger partial charge in [-0.3, -0.25) is 4.68 Å². The molecule has 3 aromatic heterocycles. The summed E-state index contributed by atoms with van der Waals surface area (Å²) < 4.78 is 7.55. The Morgan fingerprint density at radius 2 is 2.12 bits per heavy atom. The van der Waals surface area contributed by atoms with Gasteiger partial charge in [-0.25, -0.2) is 14.8 Å². The number of fused-ring (bicyclic) bond motifs is 1. The Labute approximate surface area is 141 Å². The SMILES string of the molecule is Cc1nn(CCOc2ncnc3sc(C(=O)O)c(C)c23)c(C)c1N. The van der Waals surface area contributed by atoms with Crippen LogP contribution in [0.4, 0.5) is 5.69 Å². The minimum absolute atomic E-state index is 0.252. The molecule has 24 heavy (non-hydrogen) atoms. The van der Waals surface area contributed by atoms with Gasteiger partial charge in [-0.15, -0.1) is 11.3 Å². The van der Waals surface area contributed by atoms with Crippen molar-refractivity contribution in [3.05, 3.63) is 28.2 Å². The number of nitrogens with two attached hydrogens (primary N) is 1. The number of nitrogens with zero attached hydrogens (tertiary/aromatic N) is 4. The van der Waals surface area contributed by atoms with E-state index in [1.807, 2.05) is 13.8 Å². The first-order valence-electron chi connectivity index (χ1n) is 7.29. The van der Waals surface area contributed by atoms with Crippen LogP contribution in [0.5, 0.6) is 5.88 Å². The number of ether oxygens (including phenoxy) is 1. The van der Waals surface area contributed by atoms with Crippen LogP contribution in [0.1, 0.15) is 26.6 Å². The monoisotopic (exact) mass is 347 g/mol. The van der Waals surface area contributed by atoms with Crippen LogP contribution in [0.25, 0.3) is 10.2 Å². The summed E-state index contributed by atoms with van der Waals surface area (Å²) in [6, 6.07) is 0. The average molecular weight is 347 g/mol. The van der Waals surface area contributed by atoms with E-state index in [0.29, 0.717) is 40.5 Å². The number of thiophene rings is 1. The van der Waals surface area contributed by atoms with Crippen LogP contribution in [-0.4, -0.2) is 37.4 Å². The highest BCUT2D eigenvalue weighted by Crippen LogP contribution is 2.34. The molecule has 3 N–H and O–H groups in total. The Morgan fingerprint density at radius 3 is 2.75 bits per heavy atom. The number of carboxylic acid groups (broad SMARTS) is 1. The fourth-order valence-corrected chi connectivity index (χ4v) is 3.49. The summed E-state index contributed by atoms with van der Waals surface area (Å²) in [7, 11) is 0. The van der Waals surface area contributed by atoms with Crippen molar-refractivity contribution in [1.82, 2.24) is 19.7 Å². The molecule has 0 atom stereocenters. The van der Waals surface area contributed by atoms with Crippen molar-refractivity contribution in [2.75, 3.05) is 12.3 Å². The van der Waals surface area contributed by atoms with Crippen LogP contribution in [0, 0.1) is 20.8 Å². The number of aromatic carboxylic acids is 1. The maximum absolute atomic E-state index is 11.3. The summed E-state index contributed by atoms with van der Waals surface area (Å²) >= 11 is 1.12. The molecule has 9 heteroatoms. The predicted octanol–water partition coefficient (Wildman–Crippen LogP) is 2.17. The zero-order valence-corrected chi connectivity index (χ0v) is 14.3. The quantitative estimate of drug-likeness (QED) is 0.726. The summed E-state index contributed by atoms with van der Waals surface area (Å²) in [5.41, 5.74) is 8.89. The fraction of sp³-hybridized carbons (Fsp3) is 0.333. The van der Waals surface area contributed by atoms with Crippen molar-refractivity contribution < 1.29 is 14.6 Å². The van der Waals surface area contributed by atoms with E-state index in [1.54, 1.807) is 11.6 Å². The smallest absolute Gasteiger partial charge is 0.346 e. The highest BCUT2D eigenvalue weighted by molar-refractivity contribution is 7.20. The molecule has 0 fully saturated rings. The first kappa shape index (κ1) is 16.2. The number of aromatic nitrogens is 4. The van der Waals surface area contributed by atoms with E-state index in [-0.39, 0.29) is 4.88 Å². The lowest BCUT2D eigenvalue weighted by Gasteiger charge is -2.08. The van der Waals surface area contributed by atoms with Gasteiger partial charge in [0.25, 0.3) is 0 Å². The highest BCUT2D eigenvalue weighted by atomic mass is 32.1. The maximum Gasteiger partial charge on any atom is 0.346 e. The number of hydrogen-bond donors (Lipinski definition) is 2. The van der Waals surface area contributed by atoms with Crippen LogP contribution in [0.3, 0.4) is 0 Å². The van der Waals surface area contributed by atoms with Crippen molar-refractivity contribution >= 4 is 33.2 Å². The van der Waals surface area contributed by atoms with Crippen LogP contribution in [0.2, 0.25) is 0 Å². The second-order valence-corrected chi connectivity index (χ2v) is 6.38. The maximum atomic E-state index is 11.3. The van der Waals surface area contributed by atoms with E-state index in [1.165, 1.54) is 6.33 Å². The van der Waals surface area contributed by atoms with Crippen LogP contribution < -0.4 is 10.5 Å². The molecule has 0 aromatic carbocycles. The Kier molecular flexibility index (Phi) is 4.10. The second-order valence-electron chi connectivity index (χ2n) is 5.38. The van der Waals surface area contributed by atoms with E-state index in [9.17, 15) is 9.90 Å². The Bertz CT molecular complexity index is 931. The zero-order chi connectivity index (χ0) is 17.4. The number of rotatable bonds is 5. The van der Waals surface area contributed by atoms with Gasteiger partial charge in [-0.2, -0.15) is 5.10 Å². The molecule has 3 rings (SSSR count). The molecule has 3 aromatic rings. The van der Waals surface area contributed by atoms with Crippen LogP contribution in [-0.2, 0) is 6.54 Å². The molecule has 0 unspecified atom stereocenters.